The number of hydrogen-bond donors (Lipinski definition) is 0. The Morgan fingerprint density at radius 2 is 2.00 bits per heavy atom. The van der Waals surface area contributed by atoms with Gasteiger partial charge in [-0.2, -0.15) is 5.10 Å². The van der Waals surface area contributed by atoms with Crippen LogP contribution in [0.15, 0.2) is 36.7 Å². The second-order valence-electron chi connectivity index (χ2n) is 5.51. The van der Waals surface area contributed by atoms with E-state index in [-0.39, 0.29) is 0 Å². The zero-order valence-corrected chi connectivity index (χ0v) is 12.1. The first-order chi connectivity index (χ1) is 9.74. The van der Waals surface area contributed by atoms with E-state index in [0.717, 1.165) is 31.8 Å². The van der Waals surface area contributed by atoms with Gasteiger partial charge in [-0.05, 0) is 36.6 Å². The van der Waals surface area contributed by atoms with Gasteiger partial charge in [0.1, 0.15) is 5.75 Å². The Balaban J connectivity index is 1.44. The van der Waals surface area contributed by atoms with Crippen LogP contribution in [0.5, 0.6) is 5.75 Å². The number of methoxy groups -OCH3 is 1. The molecule has 1 aliphatic rings. The zero-order chi connectivity index (χ0) is 13.9. The van der Waals surface area contributed by atoms with Gasteiger partial charge in [-0.1, -0.05) is 12.1 Å². The number of likely N-dealkylation sites (tertiary alicyclic amines) is 1. The monoisotopic (exact) mass is 271 g/mol. The van der Waals surface area contributed by atoms with E-state index in [4.69, 9.17) is 4.74 Å². The predicted octanol–water partition coefficient (Wildman–Crippen LogP) is 2.30. The van der Waals surface area contributed by atoms with Gasteiger partial charge in [-0.25, -0.2) is 0 Å². The van der Waals surface area contributed by atoms with Crippen LogP contribution in [0.2, 0.25) is 0 Å². The van der Waals surface area contributed by atoms with Crippen molar-refractivity contribution < 1.29 is 4.74 Å². The third kappa shape index (κ3) is 2.85. The summed E-state index contributed by atoms with van der Waals surface area (Å²) in [6.45, 7) is 5.42. The summed E-state index contributed by atoms with van der Waals surface area (Å²) in [5.41, 5.74) is 2.60. The Hall–Kier alpha value is -1.81. The fraction of sp³-hybridized carbons (Fsp3) is 0.438. The Labute approximate surface area is 120 Å². The molecule has 0 amide bonds. The predicted molar refractivity (Wildman–Crippen MR) is 79.1 cm³/mol. The molecule has 1 fully saturated rings. The molecule has 0 bridgehead atoms. The van der Waals surface area contributed by atoms with Gasteiger partial charge in [0.05, 0.1) is 19.3 Å². The molecule has 0 radical (unpaired) electrons. The van der Waals surface area contributed by atoms with Gasteiger partial charge in [-0.15, -0.1) is 0 Å². The molecule has 1 aromatic carbocycles. The Bertz CT molecular complexity index is 555. The molecule has 0 spiro atoms. The minimum Gasteiger partial charge on any atom is -0.497 e. The van der Waals surface area contributed by atoms with Gasteiger partial charge in [0.15, 0.2) is 0 Å². The van der Waals surface area contributed by atoms with Crippen LogP contribution in [0, 0.1) is 6.92 Å². The lowest BCUT2D eigenvalue weighted by Gasteiger charge is -2.39. The second-order valence-corrected chi connectivity index (χ2v) is 5.51. The summed E-state index contributed by atoms with van der Waals surface area (Å²) in [4.78, 5) is 2.48. The Kier molecular flexibility index (Phi) is 3.74. The highest BCUT2D eigenvalue weighted by Crippen LogP contribution is 2.21. The summed E-state index contributed by atoms with van der Waals surface area (Å²) in [5.74, 6) is 0.923. The summed E-state index contributed by atoms with van der Waals surface area (Å²) >= 11 is 0. The van der Waals surface area contributed by atoms with E-state index >= 15 is 0 Å². The van der Waals surface area contributed by atoms with Gasteiger partial charge in [-0.3, -0.25) is 9.58 Å². The van der Waals surface area contributed by atoms with Crippen molar-refractivity contribution in [3.05, 3.63) is 47.8 Å². The van der Waals surface area contributed by atoms with Crippen molar-refractivity contribution in [3.63, 3.8) is 0 Å². The largest absolute Gasteiger partial charge is 0.497 e. The van der Waals surface area contributed by atoms with Crippen LogP contribution in [0.3, 0.4) is 0 Å². The van der Waals surface area contributed by atoms with Crippen molar-refractivity contribution in [3.8, 4) is 5.75 Å². The maximum Gasteiger partial charge on any atom is 0.118 e. The molecular formula is C16H21N3O. The molecule has 1 aliphatic heterocycles. The first-order valence-electron chi connectivity index (χ1n) is 7.10. The van der Waals surface area contributed by atoms with E-state index < -0.39 is 0 Å². The van der Waals surface area contributed by atoms with E-state index in [2.05, 4.69) is 39.9 Å². The number of aryl methyl sites for hydroxylation is 1. The highest BCUT2D eigenvalue weighted by Gasteiger charge is 2.27. The first-order valence-corrected chi connectivity index (χ1v) is 7.10. The molecule has 0 N–H and O–H groups in total. The standard InChI is InChI=1S/C16H21N3O/c1-13-9-17-19(10-13)15-11-18(12-15)8-7-14-3-5-16(20-2)6-4-14/h3-6,9-10,15H,7-8,11-12H2,1-2H3. The van der Waals surface area contributed by atoms with Gasteiger partial charge in [0.25, 0.3) is 0 Å². The summed E-state index contributed by atoms with van der Waals surface area (Å²) in [5, 5.41) is 4.39. The third-order valence-corrected chi connectivity index (χ3v) is 3.92. The van der Waals surface area contributed by atoms with Crippen LogP contribution in [-0.4, -0.2) is 41.4 Å². The lowest BCUT2D eigenvalue weighted by atomic mass is 10.1. The number of aromatic nitrogens is 2. The number of hydrogen-bond acceptors (Lipinski definition) is 3. The van der Waals surface area contributed by atoms with E-state index in [1.54, 1.807) is 7.11 Å². The van der Waals surface area contributed by atoms with Crippen molar-refractivity contribution in [2.24, 2.45) is 0 Å². The maximum atomic E-state index is 5.17. The van der Waals surface area contributed by atoms with Crippen molar-refractivity contribution in [1.82, 2.24) is 14.7 Å². The van der Waals surface area contributed by atoms with Crippen molar-refractivity contribution in [2.75, 3.05) is 26.7 Å². The van der Waals surface area contributed by atoms with E-state index in [0.29, 0.717) is 6.04 Å². The molecule has 106 valence electrons. The molecule has 3 rings (SSSR count). The minimum atomic E-state index is 0.555. The SMILES string of the molecule is COc1ccc(CCN2CC(n3cc(C)cn3)C2)cc1. The van der Waals surface area contributed by atoms with Gasteiger partial charge in [0, 0.05) is 25.8 Å². The van der Waals surface area contributed by atoms with Crippen LogP contribution in [0.25, 0.3) is 0 Å². The molecule has 4 nitrogen and oxygen atoms in total. The molecule has 2 heterocycles. The molecule has 0 aliphatic carbocycles. The lowest BCUT2D eigenvalue weighted by Crippen LogP contribution is -2.48. The lowest BCUT2D eigenvalue weighted by molar-refractivity contribution is 0.100. The summed E-state index contributed by atoms with van der Waals surface area (Å²) in [6, 6.07) is 8.90. The Morgan fingerprint density at radius 1 is 1.25 bits per heavy atom. The van der Waals surface area contributed by atoms with Crippen molar-refractivity contribution in [2.45, 2.75) is 19.4 Å². The fourth-order valence-corrected chi connectivity index (χ4v) is 2.60. The highest BCUT2D eigenvalue weighted by molar-refractivity contribution is 5.27. The number of rotatable bonds is 5. The molecule has 4 heteroatoms. The van der Waals surface area contributed by atoms with Crippen molar-refractivity contribution in [1.29, 1.82) is 0 Å². The number of nitrogens with zero attached hydrogens (tertiary/aromatic N) is 3. The van der Waals surface area contributed by atoms with Crippen LogP contribution in [0.4, 0.5) is 0 Å². The molecule has 1 aromatic heterocycles. The van der Waals surface area contributed by atoms with E-state index in [1.165, 1.54) is 11.1 Å². The average molecular weight is 271 g/mol. The summed E-state index contributed by atoms with van der Waals surface area (Å²) < 4.78 is 7.27. The van der Waals surface area contributed by atoms with Crippen LogP contribution < -0.4 is 4.74 Å². The fourth-order valence-electron chi connectivity index (χ4n) is 2.60. The van der Waals surface area contributed by atoms with Crippen LogP contribution >= 0.6 is 0 Å². The quantitative estimate of drug-likeness (QED) is 0.836. The van der Waals surface area contributed by atoms with Gasteiger partial charge in [0.2, 0.25) is 0 Å². The third-order valence-electron chi connectivity index (χ3n) is 3.92. The molecule has 1 saturated heterocycles. The highest BCUT2D eigenvalue weighted by atomic mass is 16.5. The molecule has 0 atom stereocenters. The number of benzene rings is 1. The molecular weight excluding hydrogens is 250 g/mol. The van der Waals surface area contributed by atoms with E-state index in [1.807, 2.05) is 18.3 Å². The van der Waals surface area contributed by atoms with E-state index in [9.17, 15) is 0 Å². The van der Waals surface area contributed by atoms with Crippen molar-refractivity contribution >= 4 is 0 Å². The smallest absolute Gasteiger partial charge is 0.118 e. The maximum absolute atomic E-state index is 5.17. The number of ether oxygens (including phenoxy) is 1. The van der Waals surface area contributed by atoms with Gasteiger partial charge >= 0.3 is 0 Å². The first kappa shape index (κ1) is 13.2. The minimum absolute atomic E-state index is 0.555. The second kappa shape index (κ2) is 5.67. The Morgan fingerprint density at radius 3 is 2.60 bits per heavy atom. The topological polar surface area (TPSA) is 30.3 Å². The van der Waals surface area contributed by atoms with Crippen LogP contribution in [-0.2, 0) is 6.42 Å². The summed E-state index contributed by atoms with van der Waals surface area (Å²) in [7, 11) is 1.70. The molecule has 20 heavy (non-hydrogen) atoms. The molecule has 2 aromatic rings. The summed E-state index contributed by atoms with van der Waals surface area (Å²) in [6.07, 6.45) is 5.15. The molecule has 0 unspecified atom stereocenters. The zero-order valence-electron chi connectivity index (χ0n) is 12.1. The molecule has 0 saturated carbocycles. The van der Waals surface area contributed by atoms with Crippen LogP contribution in [0.1, 0.15) is 17.2 Å². The average Bonchev–Trinajstić information content (AvgIpc) is 2.84. The van der Waals surface area contributed by atoms with Gasteiger partial charge < -0.3 is 4.74 Å². The normalized spacial score (nSPS) is 16.1.